The second-order valence-corrected chi connectivity index (χ2v) is 4.96. The van der Waals surface area contributed by atoms with Crippen LogP contribution in [0.5, 0.6) is 0 Å². The van der Waals surface area contributed by atoms with E-state index in [2.05, 4.69) is 32.1 Å². The molecule has 1 unspecified atom stereocenters. The number of allylic oxidation sites excluding steroid dienone is 4. The zero-order valence-electron chi connectivity index (χ0n) is 6.77. The normalized spacial score (nSPS) is 20.4. The maximum atomic E-state index is 4.89. The molecular formula is C8H12Cl2Ti. The molecule has 0 amide bonds. The topological polar surface area (TPSA) is 0 Å². The Bertz CT molecular complexity index is 152. The van der Waals surface area contributed by atoms with Crippen molar-refractivity contribution in [2.24, 2.45) is 5.92 Å². The van der Waals surface area contributed by atoms with Crippen molar-refractivity contribution in [3.8, 4) is 0 Å². The van der Waals surface area contributed by atoms with Crippen molar-refractivity contribution in [1.82, 2.24) is 0 Å². The maximum absolute atomic E-state index is 4.89. The predicted octanol–water partition coefficient (Wildman–Crippen LogP) is 3.91. The summed E-state index contributed by atoms with van der Waals surface area (Å²) in [5, 5.41) is 0. The van der Waals surface area contributed by atoms with Crippen LogP contribution in [0, 0.1) is 5.92 Å². The Morgan fingerprint density at radius 3 is 2.27 bits per heavy atom. The third-order valence-electron chi connectivity index (χ3n) is 1.50. The Labute approximate surface area is 85.3 Å². The first-order valence-corrected chi connectivity index (χ1v) is 7.89. The summed E-state index contributed by atoms with van der Waals surface area (Å²) >= 11 is -0.556. The van der Waals surface area contributed by atoms with E-state index in [-0.39, 0.29) is 0 Å². The van der Waals surface area contributed by atoms with Gasteiger partial charge >= 0.3 is 35.6 Å². The van der Waals surface area contributed by atoms with Crippen molar-refractivity contribution in [3.05, 3.63) is 23.8 Å². The van der Waals surface area contributed by atoms with Crippen molar-refractivity contribution in [2.45, 2.75) is 20.3 Å². The van der Waals surface area contributed by atoms with E-state index >= 15 is 0 Å². The molecule has 0 aromatic rings. The van der Waals surface area contributed by atoms with Gasteiger partial charge in [0.2, 0.25) is 0 Å². The van der Waals surface area contributed by atoms with Crippen LogP contribution in [0.2, 0.25) is 0 Å². The fourth-order valence-corrected chi connectivity index (χ4v) is 0.960. The molecule has 0 fully saturated rings. The van der Waals surface area contributed by atoms with E-state index in [1.165, 1.54) is 12.0 Å². The van der Waals surface area contributed by atoms with E-state index in [1.807, 2.05) is 0 Å². The monoisotopic (exact) mass is 226 g/mol. The second kappa shape index (κ2) is 7.42. The number of hydrogen-bond donors (Lipinski definition) is 0. The van der Waals surface area contributed by atoms with Gasteiger partial charge < -0.3 is 0 Å². The molecule has 62 valence electrons. The van der Waals surface area contributed by atoms with E-state index in [0.29, 0.717) is 5.92 Å². The Kier molecular flexibility index (Phi) is 7.95. The van der Waals surface area contributed by atoms with Gasteiger partial charge in [-0.2, -0.15) is 0 Å². The van der Waals surface area contributed by atoms with Gasteiger partial charge in [-0.3, -0.25) is 0 Å². The molecule has 11 heavy (non-hydrogen) atoms. The average molecular weight is 227 g/mol. The van der Waals surface area contributed by atoms with Gasteiger partial charge in [-0.05, 0) is 12.3 Å². The van der Waals surface area contributed by atoms with E-state index in [9.17, 15) is 0 Å². The molecule has 0 aromatic heterocycles. The average Bonchev–Trinajstić information content (AvgIpc) is 2.37. The number of hydrogen-bond acceptors (Lipinski definition) is 0. The molecule has 1 atom stereocenters. The minimum atomic E-state index is -0.556. The summed E-state index contributed by atoms with van der Waals surface area (Å²) in [7, 11) is 9.78. The van der Waals surface area contributed by atoms with Crippen molar-refractivity contribution >= 4 is 18.6 Å². The summed E-state index contributed by atoms with van der Waals surface area (Å²) in [6.45, 7) is 4.40. The molecule has 0 saturated carbocycles. The first-order chi connectivity index (χ1) is 5.24. The third-order valence-corrected chi connectivity index (χ3v) is 1.50. The van der Waals surface area contributed by atoms with Crippen molar-refractivity contribution in [1.29, 1.82) is 0 Å². The quantitative estimate of drug-likeness (QED) is 0.595. The first-order valence-electron chi connectivity index (χ1n) is 3.59. The van der Waals surface area contributed by atoms with Crippen LogP contribution in [-0.2, 0) is 17.0 Å². The molecule has 0 saturated heterocycles. The summed E-state index contributed by atoms with van der Waals surface area (Å²) < 4.78 is 0. The fraction of sp³-hybridized carbons (Fsp3) is 0.500. The Morgan fingerprint density at radius 1 is 1.55 bits per heavy atom. The molecule has 0 bridgehead atoms. The summed E-state index contributed by atoms with van der Waals surface area (Å²) in [5.74, 6) is 0.685. The van der Waals surface area contributed by atoms with Gasteiger partial charge in [0, 0.05) is 0 Å². The van der Waals surface area contributed by atoms with Crippen molar-refractivity contribution in [2.75, 3.05) is 0 Å². The van der Waals surface area contributed by atoms with Gasteiger partial charge in [0.1, 0.15) is 0 Å². The summed E-state index contributed by atoms with van der Waals surface area (Å²) in [4.78, 5) is 0. The molecule has 1 aliphatic carbocycles. The molecule has 0 nitrogen and oxygen atoms in total. The van der Waals surface area contributed by atoms with Crippen LogP contribution in [0.4, 0.5) is 0 Å². The van der Waals surface area contributed by atoms with Gasteiger partial charge in [0.25, 0.3) is 0 Å². The first kappa shape index (κ1) is 11.8. The molecule has 0 aliphatic heterocycles. The predicted molar refractivity (Wildman–Crippen MR) is 48.4 cm³/mol. The van der Waals surface area contributed by atoms with Gasteiger partial charge in [-0.15, -0.1) is 0 Å². The van der Waals surface area contributed by atoms with Crippen LogP contribution in [0.3, 0.4) is 0 Å². The van der Waals surface area contributed by atoms with Crippen LogP contribution in [0.15, 0.2) is 23.8 Å². The van der Waals surface area contributed by atoms with Gasteiger partial charge in [-0.25, -0.2) is 0 Å². The van der Waals surface area contributed by atoms with Crippen LogP contribution in [-0.4, -0.2) is 0 Å². The van der Waals surface area contributed by atoms with Crippen molar-refractivity contribution in [3.63, 3.8) is 0 Å². The third kappa shape index (κ3) is 5.98. The Balaban J connectivity index is 0.000000292. The van der Waals surface area contributed by atoms with Crippen molar-refractivity contribution < 1.29 is 17.0 Å². The summed E-state index contributed by atoms with van der Waals surface area (Å²) in [6.07, 6.45) is 7.93. The SMILES string of the molecule is CCC1=CC(C)C=C1.[Cl][Ti][Cl]. The molecule has 0 spiro atoms. The van der Waals surface area contributed by atoms with E-state index in [4.69, 9.17) is 18.6 Å². The standard InChI is InChI=1S/C8H12.2ClH.Ti/c1-3-8-5-4-7(2)6-8;;;/h4-7H,3H2,1-2H3;2*1H;/q;;;+2/p-2. The van der Waals surface area contributed by atoms with Crippen LogP contribution in [0.25, 0.3) is 0 Å². The van der Waals surface area contributed by atoms with Gasteiger partial charge in [-0.1, -0.05) is 37.6 Å². The summed E-state index contributed by atoms with van der Waals surface area (Å²) in [5.41, 5.74) is 1.48. The van der Waals surface area contributed by atoms with Crippen LogP contribution in [0.1, 0.15) is 20.3 Å². The number of rotatable bonds is 1. The molecule has 0 aromatic carbocycles. The Morgan fingerprint density at radius 2 is 2.09 bits per heavy atom. The minimum absolute atomic E-state index is 0.556. The van der Waals surface area contributed by atoms with Gasteiger partial charge in [0.15, 0.2) is 0 Å². The molecule has 1 aliphatic rings. The molecule has 0 N–H and O–H groups in total. The molecule has 0 heterocycles. The van der Waals surface area contributed by atoms with Crippen LogP contribution < -0.4 is 0 Å². The molecule has 1 rings (SSSR count). The molecule has 3 heteroatoms. The zero-order valence-corrected chi connectivity index (χ0v) is 9.85. The van der Waals surface area contributed by atoms with E-state index in [0.717, 1.165) is 0 Å². The van der Waals surface area contributed by atoms with Crippen LogP contribution >= 0.6 is 18.6 Å². The zero-order chi connectivity index (χ0) is 8.69. The Hall–Kier alpha value is 0.774. The van der Waals surface area contributed by atoms with Gasteiger partial charge in [0.05, 0.1) is 0 Å². The molecular weight excluding hydrogens is 215 g/mol. The fourth-order valence-electron chi connectivity index (χ4n) is 0.960. The van der Waals surface area contributed by atoms with E-state index < -0.39 is 17.0 Å². The number of halogens is 2. The second-order valence-electron chi connectivity index (χ2n) is 2.38. The van der Waals surface area contributed by atoms with E-state index in [1.54, 1.807) is 0 Å². The summed E-state index contributed by atoms with van der Waals surface area (Å²) in [6, 6.07) is 0. The molecule has 0 radical (unpaired) electrons.